The molecule has 1 amide bonds. The molecule has 0 spiro atoms. The van der Waals surface area contributed by atoms with E-state index in [1.807, 2.05) is 6.07 Å². The normalized spacial score (nSPS) is 10.2. The molecule has 1 heterocycles. The number of aromatic nitrogens is 1. The van der Waals surface area contributed by atoms with E-state index in [-0.39, 0.29) is 5.91 Å². The first-order valence-electron chi connectivity index (χ1n) is 5.91. The van der Waals surface area contributed by atoms with Gasteiger partial charge in [0.1, 0.15) is 5.52 Å². The van der Waals surface area contributed by atoms with Gasteiger partial charge < -0.3 is 9.73 Å². The maximum atomic E-state index is 12.1. The van der Waals surface area contributed by atoms with E-state index in [9.17, 15) is 4.79 Å². The molecular formula is C15H9N3O2. The Hall–Kier alpha value is -3.13. The third kappa shape index (κ3) is 2.22. The number of carbonyl (C=O) groups excluding carboxylic acids is 1. The van der Waals surface area contributed by atoms with Gasteiger partial charge in [-0.2, -0.15) is 5.26 Å². The van der Waals surface area contributed by atoms with Crippen LogP contribution in [0.5, 0.6) is 0 Å². The minimum absolute atomic E-state index is 0.236. The fraction of sp³-hybridized carbons (Fsp3) is 0. The molecule has 0 bridgehead atoms. The summed E-state index contributed by atoms with van der Waals surface area (Å²) in [7, 11) is 0. The number of oxazole rings is 1. The van der Waals surface area contributed by atoms with E-state index in [4.69, 9.17) is 9.68 Å². The summed E-state index contributed by atoms with van der Waals surface area (Å²) in [5.41, 5.74) is 2.95. The van der Waals surface area contributed by atoms with Crippen LogP contribution >= 0.6 is 0 Å². The Balaban J connectivity index is 1.82. The lowest BCUT2D eigenvalue weighted by molar-refractivity contribution is 0.102. The van der Waals surface area contributed by atoms with Gasteiger partial charge in [0.05, 0.1) is 11.6 Å². The number of hydrogen-bond acceptors (Lipinski definition) is 4. The largest absolute Gasteiger partial charge is 0.443 e. The van der Waals surface area contributed by atoms with E-state index < -0.39 is 0 Å². The number of benzene rings is 2. The highest BCUT2D eigenvalue weighted by atomic mass is 16.3. The Morgan fingerprint density at radius 3 is 2.75 bits per heavy atom. The van der Waals surface area contributed by atoms with Gasteiger partial charge in [-0.1, -0.05) is 0 Å². The van der Waals surface area contributed by atoms with Gasteiger partial charge in [-0.3, -0.25) is 4.79 Å². The van der Waals surface area contributed by atoms with Crippen LogP contribution in [-0.4, -0.2) is 10.9 Å². The fourth-order valence-electron chi connectivity index (χ4n) is 1.83. The number of rotatable bonds is 2. The van der Waals surface area contributed by atoms with Crippen LogP contribution in [0.25, 0.3) is 11.1 Å². The van der Waals surface area contributed by atoms with Crippen molar-refractivity contribution in [2.45, 2.75) is 0 Å². The Labute approximate surface area is 114 Å². The van der Waals surface area contributed by atoms with Gasteiger partial charge in [-0.25, -0.2) is 4.98 Å². The van der Waals surface area contributed by atoms with Gasteiger partial charge in [0.25, 0.3) is 5.91 Å². The zero-order chi connectivity index (χ0) is 13.9. The zero-order valence-corrected chi connectivity index (χ0v) is 10.3. The number of nitriles is 1. The van der Waals surface area contributed by atoms with Gasteiger partial charge in [0, 0.05) is 11.3 Å². The number of carbonyl (C=O) groups is 1. The summed E-state index contributed by atoms with van der Waals surface area (Å²) in [5, 5.41) is 11.5. The molecule has 0 unspecified atom stereocenters. The number of nitrogens with zero attached hydrogens (tertiary/aromatic N) is 2. The van der Waals surface area contributed by atoms with Crippen LogP contribution in [0, 0.1) is 11.3 Å². The van der Waals surface area contributed by atoms with Gasteiger partial charge >= 0.3 is 0 Å². The second kappa shape index (κ2) is 4.86. The predicted octanol–water partition coefficient (Wildman–Crippen LogP) is 2.95. The van der Waals surface area contributed by atoms with Crippen LogP contribution in [0.4, 0.5) is 5.69 Å². The molecule has 0 radical (unpaired) electrons. The average molecular weight is 263 g/mol. The smallest absolute Gasteiger partial charge is 0.255 e. The third-order valence-electron chi connectivity index (χ3n) is 2.86. The molecule has 0 aliphatic rings. The quantitative estimate of drug-likeness (QED) is 0.770. The minimum atomic E-state index is -0.236. The summed E-state index contributed by atoms with van der Waals surface area (Å²) in [6.07, 6.45) is 1.34. The SMILES string of the molecule is N#Cc1ccc(NC(=O)c2ccc3ocnc3c2)cc1. The molecule has 0 fully saturated rings. The summed E-state index contributed by atoms with van der Waals surface area (Å²) >= 11 is 0. The molecule has 0 atom stereocenters. The summed E-state index contributed by atoms with van der Waals surface area (Å²) in [6, 6.07) is 13.7. The van der Waals surface area contributed by atoms with E-state index in [0.29, 0.717) is 27.9 Å². The molecule has 0 aliphatic carbocycles. The molecule has 3 aromatic rings. The van der Waals surface area contributed by atoms with E-state index in [2.05, 4.69) is 10.3 Å². The van der Waals surface area contributed by atoms with Crippen molar-refractivity contribution in [3.63, 3.8) is 0 Å². The first-order valence-corrected chi connectivity index (χ1v) is 5.91. The lowest BCUT2D eigenvalue weighted by Crippen LogP contribution is -2.11. The van der Waals surface area contributed by atoms with Crippen molar-refractivity contribution < 1.29 is 9.21 Å². The van der Waals surface area contributed by atoms with Crippen molar-refractivity contribution in [2.75, 3.05) is 5.32 Å². The second-order valence-electron chi connectivity index (χ2n) is 4.18. The highest BCUT2D eigenvalue weighted by Crippen LogP contribution is 2.16. The van der Waals surface area contributed by atoms with Crippen molar-refractivity contribution in [1.82, 2.24) is 4.98 Å². The summed E-state index contributed by atoms with van der Waals surface area (Å²) < 4.78 is 5.12. The minimum Gasteiger partial charge on any atom is -0.443 e. The first-order chi connectivity index (χ1) is 9.76. The number of anilines is 1. The van der Waals surface area contributed by atoms with Gasteiger partial charge in [0.2, 0.25) is 0 Å². The van der Waals surface area contributed by atoms with Crippen LogP contribution in [-0.2, 0) is 0 Å². The maximum absolute atomic E-state index is 12.1. The molecule has 0 saturated carbocycles. The molecule has 5 heteroatoms. The molecule has 5 nitrogen and oxygen atoms in total. The van der Waals surface area contributed by atoms with Crippen LogP contribution in [0.15, 0.2) is 53.3 Å². The summed E-state index contributed by atoms with van der Waals surface area (Å²) in [5.74, 6) is -0.236. The molecular weight excluding hydrogens is 254 g/mol. The summed E-state index contributed by atoms with van der Waals surface area (Å²) in [6.45, 7) is 0. The van der Waals surface area contributed by atoms with Crippen molar-refractivity contribution in [2.24, 2.45) is 0 Å². The molecule has 1 aromatic heterocycles. The standard InChI is InChI=1S/C15H9N3O2/c16-8-10-1-4-12(5-2-10)18-15(19)11-3-6-14-13(7-11)17-9-20-14/h1-7,9H,(H,18,19). The topological polar surface area (TPSA) is 78.9 Å². The highest BCUT2D eigenvalue weighted by molar-refractivity contribution is 6.05. The number of amides is 1. The van der Waals surface area contributed by atoms with E-state index in [0.717, 1.165) is 0 Å². The van der Waals surface area contributed by atoms with Crippen molar-refractivity contribution in [3.05, 3.63) is 60.0 Å². The van der Waals surface area contributed by atoms with Crippen molar-refractivity contribution >= 4 is 22.7 Å². The van der Waals surface area contributed by atoms with Crippen molar-refractivity contribution in [3.8, 4) is 6.07 Å². The second-order valence-corrected chi connectivity index (χ2v) is 4.18. The lowest BCUT2D eigenvalue weighted by Gasteiger charge is -2.05. The third-order valence-corrected chi connectivity index (χ3v) is 2.86. The highest BCUT2D eigenvalue weighted by Gasteiger charge is 2.08. The van der Waals surface area contributed by atoms with Gasteiger partial charge in [0.15, 0.2) is 12.0 Å². The molecule has 96 valence electrons. The van der Waals surface area contributed by atoms with Gasteiger partial charge in [-0.15, -0.1) is 0 Å². The first kappa shape index (κ1) is 11.9. The molecule has 20 heavy (non-hydrogen) atoms. The van der Waals surface area contributed by atoms with Crippen LogP contribution < -0.4 is 5.32 Å². The van der Waals surface area contributed by atoms with Crippen molar-refractivity contribution in [1.29, 1.82) is 5.26 Å². The summed E-state index contributed by atoms with van der Waals surface area (Å²) in [4.78, 5) is 16.1. The lowest BCUT2D eigenvalue weighted by atomic mass is 10.1. The van der Waals surface area contributed by atoms with E-state index >= 15 is 0 Å². The molecule has 0 aliphatic heterocycles. The fourth-order valence-corrected chi connectivity index (χ4v) is 1.83. The van der Waals surface area contributed by atoms with Crippen LogP contribution in [0.1, 0.15) is 15.9 Å². The molecule has 2 aromatic carbocycles. The maximum Gasteiger partial charge on any atom is 0.255 e. The van der Waals surface area contributed by atoms with E-state index in [1.54, 1.807) is 42.5 Å². The molecule has 0 saturated heterocycles. The Morgan fingerprint density at radius 1 is 1.20 bits per heavy atom. The molecule has 3 rings (SSSR count). The van der Waals surface area contributed by atoms with Crippen LogP contribution in [0.3, 0.4) is 0 Å². The average Bonchev–Trinajstić information content (AvgIpc) is 2.95. The molecule has 1 N–H and O–H groups in total. The number of nitrogens with one attached hydrogen (secondary N) is 1. The monoisotopic (exact) mass is 263 g/mol. The predicted molar refractivity (Wildman–Crippen MR) is 73.1 cm³/mol. The zero-order valence-electron chi connectivity index (χ0n) is 10.3. The van der Waals surface area contributed by atoms with Gasteiger partial charge in [-0.05, 0) is 42.5 Å². The number of hydrogen-bond donors (Lipinski definition) is 1. The Bertz CT molecular complexity index is 813. The Morgan fingerprint density at radius 2 is 2.00 bits per heavy atom. The number of fused-ring (bicyclic) bond motifs is 1. The van der Waals surface area contributed by atoms with Crippen LogP contribution in [0.2, 0.25) is 0 Å². The van der Waals surface area contributed by atoms with E-state index in [1.165, 1.54) is 6.39 Å². The Kier molecular flexibility index (Phi) is 2.90.